The molecule has 8 nitrogen and oxygen atoms in total. The molecular formula is C31H36N6O2. The molecule has 202 valence electrons. The van der Waals surface area contributed by atoms with E-state index >= 15 is 0 Å². The first-order valence-electron chi connectivity index (χ1n) is 13.1. The molecule has 0 spiro atoms. The molecule has 4 aromatic rings. The summed E-state index contributed by atoms with van der Waals surface area (Å²) in [5, 5.41) is 7.61. The Balaban J connectivity index is 0.000000826. The second-order valence-corrected chi connectivity index (χ2v) is 9.13. The van der Waals surface area contributed by atoms with Crippen LogP contribution in [0.15, 0.2) is 85.6 Å². The summed E-state index contributed by atoms with van der Waals surface area (Å²) in [6.07, 6.45) is 3.72. The van der Waals surface area contributed by atoms with Crippen LogP contribution in [0, 0.1) is 0 Å². The Hall–Kier alpha value is -4.27. The van der Waals surface area contributed by atoms with Gasteiger partial charge in [0, 0.05) is 81.1 Å². The number of para-hydroxylation sites is 1. The van der Waals surface area contributed by atoms with Gasteiger partial charge in [-0.3, -0.25) is 9.69 Å². The van der Waals surface area contributed by atoms with Crippen molar-refractivity contribution in [3.8, 4) is 11.1 Å². The zero-order valence-electron chi connectivity index (χ0n) is 22.6. The maximum Gasteiger partial charge on any atom is 0.227 e. The number of allylic oxidation sites excluding steroid dienone is 1. The second kappa shape index (κ2) is 14.0. The number of nitrogens with zero attached hydrogens (tertiary/aromatic N) is 4. The van der Waals surface area contributed by atoms with Crippen LogP contribution in [0.25, 0.3) is 22.0 Å². The summed E-state index contributed by atoms with van der Waals surface area (Å²) in [4.78, 5) is 23.4. The molecule has 5 rings (SSSR count). The number of aromatic nitrogens is 2. The number of rotatable bonds is 9. The van der Waals surface area contributed by atoms with E-state index in [1.54, 1.807) is 7.11 Å². The van der Waals surface area contributed by atoms with Gasteiger partial charge in [0.2, 0.25) is 5.95 Å². The van der Waals surface area contributed by atoms with Crippen molar-refractivity contribution in [2.24, 2.45) is 0 Å². The average molecular weight is 525 g/mol. The maximum atomic E-state index is 9.06. The van der Waals surface area contributed by atoms with Gasteiger partial charge in [-0.25, -0.2) is 9.97 Å². The second-order valence-electron chi connectivity index (χ2n) is 9.13. The highest BCUT2D eigenvalue weighted by molar-refractivity contribution is 5.94. The van der Waals surface area contributed by atoms with Crippen molar-refractivity contribution in [1.29, 1.82) is 0 Å². The van der Waals surface area contributed by atoms with Crippen molar-refractivity contribution in [2.45, 2.75) is 0 Å². The number of carbonyl (C=O) groups excluding carboxylic acids is 1. The minimum atomic E-state index is 0.592. The van der Waals surface area contributed by atoms with Crippen LogP contribution >= 0.6 is 0 Å². The van der Waals surface area contributed by atoms with Crippen molar-refractivity contribution in [3.63, 3.8) is 0 Å². The SMILES string of the molecule is C=CC=O.CNc1cccc(-c2cccc3cnc(Nc4ccc(N5CCN(CCOC)CC5)cc4)nc23)c1. The maximum absolute atomic E-state index is 9.06. The summed E-state index contributed by atoms with van der Waals surface area (Å²) < 4.78 is 5.21. The van der Waals surface area contributed by atoms with Gasteiger partial charge in [-0.15, -0.1) is 0 Å². The first-order chi connectivity index (χ1) is 19.1. The van der Waals surface area contributed by atoms with Gasteiger partial charge in [-0.05, 0) is 48.0 Å². The van der Waals surface area contributed by atoms with Gasteiger partial charge in [0.05, 0.1) is 12.1 Å². The molecule has 0 amide bonds. The van der Waals surface area contributed by atoms with E-state index in [1.165, 1.54) is 11.8 Å². The Morgan fingerprint density at radius 1 is 1.00 bits per heavy atom. The number of hydrogen-bond donors (Lipinski definition) is 2. The van der Waals surface area contributed by atoms with Crippen molar-refractivity contribution < 1.29 is 9.53 Å². The van der Waals surface area contributed by atoms with Crippen molar-refractivity contribution in [3.05, 3.63) is 85.6 Å². The Kier molecular flexibility index (Phi) is 9.99. The van der Waals surface area contributed by atoms with Crippen LogP contribution < -0.4 is 15.5 Å². The normalized spacial score (nSPS) is 13.3. The largest absolute Gasteiger partial charge is 0.388 e. The highest BCUT2D eigenvalue weighted by atomic mass is 16.5. The lowest BCUT2D eigenvalue weighted by Gasteiger charge is -2.36. The lowest BCUT2D eigenvalue weighted by atomic mass is 10.0. The lowest BCUT2D eigenvalue weighted by molar-refractivity contribution is -0.104. The molecule has 0 unspecified atom stereocenters. The Morgan fingerprint density at radius 3 is 2.44 bits per heavy atom. The molecule has 2 heterocycles. The smallest absolute Gasteiger partial charge is 0.227 e. The number of methoxy groups -OCH3 is 1. The van der Waals surface area contributed by atoms with Crippen molar-refractivity contribution in [1.82, 2.24) is 14.9 Å². The van der Waals surface area contributed by atoms with E-state index in [2.05, 4.69) is 92.7 Å². The molecule has 0 saturated carbocycles. The molecule has 3 aromatic carbocycles. The molecule has 1 aliphatic rings. The standard InChI is InChI=1S/C28H32N6O.C3H4O/c1-29-24-7-3-5-21(19-24)26-8-4-6-22-20-30-28(32-27(22)26)31-23-9-11-25(12-10-23)34-15-13-33(14-16-34)17-18-35-2;1-2-3-4/h3-12,19-20,29H,13-18H2,1-2H3,(H,30,31,32);2-3H,1H2. The summed E-state index contributed by atoms with van der Waals surface area (Å²) >= 11 is 0. The molecule has 0 bridgehead atoms. The summed E-state index contributed by atoms with van der Waals surface area (Å²) in [5.74, 6) is 0.592. The van der Waals surface area contributed by atoms with Gasteiger partial charge in [-0.1, -0.05) is 36.9 Å². The highest BCUT2D eigenvalue weighted by Crippen LogP contribution is 2.30. The molecule has 1 fully saturated rings. The van der Waals surface area contributed by atoms with Gasteiger partial charge < -0.3 is 20.3 Å². The fraction of sp³-hybridized carbons (Fsp3) is 0.258. The van der Waals surface area contributed by atoms with Crippen LogP contribution in [0.1, 0.15) is 0 Å². The molecular weight excluding hydrogens is 488 g/mol. The summed E-state index contributed by atoms with van der Waals surface area (Å²) in [7, 11) is 3.69. The molecule has 0 atom stereocenters. The topological polar surface area (TPSA) is 82.6 Å². The minimum absolute atomic E-state index is 0.592. The van der Waals surface area contributed by atoms with Crippen LogP contribution in [0.2, 0.25) is 0 Å². The highest BCUT2D eigenvalue weighted by Gasteiger charge is 2.17. The summed E-state index contributed by atoms with van der Waals surface area (Å²) in [6.45, 7) is 9.09. The molecule has 1 saturated heterocycles. The number of anilines is 4. The summed E-state index contributed by atoms with van der Waals surface area (Å²) in [6, 6.07) is 23.1. The van der Waals surface area contributed by atoms with E-state index in [-0.39, 0.29) is 0 Å². The van der Waals surface area contributed by atoms with Crippen LogP contribution in [0.4, 0.5) is 23.0 Å². The average Bonchev–Trinajstić information content (AvgIpc) is 3.00. The van der Waals surface area contributed by atoms with Crippen LogP contribution in [-0.4, -0.2) is 74.6 Å². The van der Waals surface area contributed by atoms with Gasteiger partial charge in [0.25, 0.3) is 0 Å². The Bertz CT molecular complexity index is 1360. The first-order valence-corrected chi connectivity index (χ1v) is 13.1. The quantitative estimate of drug-likeness (QED) is 0.228. The fourth-order valence-electron chi connectivity index (χ4n) is 4.53. The molecule has 0 radical (unpaired) electrons. The van der Waals surface area contributed by atoms with E-state index in [0.717, 1.165) is 72.7 Å². The number of aldehydes is 1. The Labute approximate surface area is 230 Å². The third kappa shape index (κ3) is 7.40. The predicted octanol–water partition coefficient (Wildman–Crippen LogP) is 5.22. The Morgan fingerprint density at radius 2 is 1.74 bits per heavy atom. The number of hydrogen-bond acceptors (Lipinski definition) is 8. The van der Waals surface area contributed by atoms with Gasteiger partial charge >= 0.3 is 0 Å². The number of carbonyl (C=O) groups is 1. The monoisotopic (exact) mass is 524 g/mol. The zero-order chi connectivity index (χ0) is 27.5. The zero-order valence-corrected chi connectivity index (χ0v) is 22.6. The van der Waals surface area contributed by atoms with Gasteiger partial charge in [0.15, 0.2) is 0 Å². The van der Waals surface area contributed by atoms with Gasteiger partial charge in [0.1, 0.15) is 6.29 Å². The molecule has 8 heteroatoms. The van der Waals surface area contributed by atoms with Crippen LogP contribution in [0.3, 0.4) is 0 Å². The lowest BCUT2D eigenvalue weighted by Crippen LogP contribution is -2.47. The minimum Gasteiger partial charge on any atom is -0.388 e. The number of nitrogens with one attached hydrogen (secondary N) is 2. The third-order valence-electron chi connectivity index (χ3n) is 6.64. The fourth-order valence-corrected chi connectivity index (χ4v) is 4.53. The van der Waals surface area contributed by atoms with E-state index in [4.69, 9.17) is 14.5 Å². The molecule has 39 heavy (non-hydrogen) atoms. The van der Waals surface area contributed by atoms with Crippen LogP contribution in [-0.2, 0) is 9.53 Å². The number of ether oxygens (including phenoxy) is 1. The molecule has 1 aliphatic heterocycles. The van der Waals surface area contributed by atoms with E-state index < -0.39 is 0 Å². The van der Waals surface area contributed by atoms with E-state index in [1.807, 2.05) is 19.3 Å². The van der Waals surface area contributed by atoms with Crippen molar-refractivity contribution in [2.75, 3.05) is 69.0 Å². The predicted molar refractivity (Wildman–Crippen MR) is 161 cm³/mol. The van der Waals surface area contributed by atoms with Gasteiger partial charge in [-0.2, -0.15) is 0 Å². The summed E-state index contributed by atoms with van der Waals surface area (Å²) in [5.41, 5.74) is 6.43. The van der Waals surface area contributed by atoms with E-state index in [9.17, 15) is 0 Å². The molecule has 0 aliphatic carbocycles. The number of piperazine rings is 1. The molecule has 1 aromatic heterocycles. The van der Waals surface area contributed by atoms with Crippen LogP contribution in [0.5, 0.6) is 0 Å². The first kappa shape index (κ1) is 27.8. The molecule has 2 N–H and O–H groups in total. The van der Waals surface area contributed by atoms with Crippen molar-refractivity contribution >= 4 is 40.2 Å². The van der Waals surface area contributed by atoms with E-state index in [0.29, 0.717) is 12.2 Å². The number of benzene rings is 3. The number of fused-ring (bicyclic) bond motifs is 1. The third-order valence-corrected chi connectivity index (χ3v) is 6.64.